The Labute approximate surface area is 303 Å². The Balaban J connectivity index is 0.000000199. The number of nitrogens with two attached hydrogens (primary N) is 3. The molecule has 0 bridgehead atoms. The van der Waals surface area contributed by atoms with Crippen molar-refractivity contribution in [1.29, 1.82) is 0 Å². The molecule has 0 saturated heterocycles. The van der Waals surface area contributed by atoms with Gasteiger partial charge in [0.1, 0.15) is 0 Å². The lowest BCUT2D eigenvalue weighted by Gasteiger charge is -2.02. The number of benzene rings is 6. The van der Waals surface area contributed by atoms with Crippen molar-refractivity contribution in [2.24, 2.45) is 0 Å². The second-order valence-corrected chi connectivity index (χ2v) is 11.1. The monoisotopic (exact) mass is 717 g/mol. The molecule has 0 amide bonds. The van der Waals surface area contributed by atoms with Crippen LogP contribution < -0.4 is 17.2 Å². The lowest BCUT2D eigenvalue weighted by atomic mass is 10.0. The average molecular weight is 718 g/mol. The number of non-ortho nitro benzene ring substituents is 4. The van der Waals surface area contributed by atoms with E-state index in [0.29, 0.717) is 12.1 Å². The van der Waals surface area contributed by atoms with Gasteiger partial charge < -0.3 is 17.2 Å². The van der Waals surface area contributed by atoms with E-state index in [-0.39, 0.29) is 22.7 Å². The average Bonchev–Trinajstić information content (AvgIpc) is 3.15. The van der Waals surface area contributed by atoms with Gasteiger partial charge in [-0.25, -0.2) is 0 Å². The van der Waals surface area contributed by atoms with Crippen molar-refractivity contribution in [3.8, 4) is 0 Å². The summed E-state index contributed by atoms with van der Waals surface area (Å²) in [5.41, 5.74) is 23.3. The first-order valence-electron chi connectivity index (χ1n) is 15.7. The third-order valence-corrected chi connectivity index (χ3v) is 7.14. The topological polar surface area (TPSA) is 251 Å². The van der Waals surface area contributed by atoms with E-state index < -0.39 is 19.7 Å². The van der Waals surface area contributed by atoms with Crippen LogP contribution in [-0.2, 0) is 12.8 Å². The molecule has 0 heterocycles. The third kappa shape index (κ3) is 14.4. The van der Waals surface area contributed by atoms with Crippen LogP contribution in [0, 0.1) is 40.5 Å². The predicted octanol–water partition coefficient (Wildman–Crippen LogP) is 8.31. The number of hydrogen-bond donors (Lipinski definition) is 3. The maximum absolute atomic E-state index is 10.5. The number of nitro groups is 4. The second kappa shape index (κ2) is 20.1. The number of rotatable bonds is 8. The first kappa shape index (κ1) is 39.8. The van der Waals surface area contributed by atoms with Crippen LogP contribution in [0.1, 0.15) is 22.3 Å². The van der Waals surface area contributed by atoms with E-state index >= 15 is 0 Å². The van der Waals surface area contributed by atoms with Crippen LogP contribution >= 0.6 is 0 Å². The van der Waals surface area contributed by atoms with Crippen LogP contribution in [0.15, 0.2) is 152 Å². The molecule has 0 unspecified atom stereocenters. The summed E-state index contributed by atoms with van der Waals surface area (Å²) in [6.07, 6.45) is 1.50. The van der Waals surface area contributed by atoms with Gasteiger partial charge in [-0.2, -0.15) is 0 Å². The molecule has 6 aromatic rings. The molecule has 15 nitrogen and oxygen atoms in total. The second-order valence-electron chi connectivity index (χ2n) is 11.1. The standard InChI is InChI=1S/C13H10N2O4.C13H14N2.C6H6N2O2.C6H5NO2/c16-14(17)12-5-1-10(2-6-12)9-11-3-7-13(8-4-11)15(18)19;14-12-5-1-10(2-6-12)9-11-3-7-13(15)8-4-11;7-5-1-3-6(4-2-5)8(9)10;8-7(9)6-4-2-1-3-5-6/h1-8H,9H2;1-8H,9,14-15H2;1-4H,7H2;1-5H. The fraction of sp³-hybridized carbons (Fsp3) is 0.0526. The smallest absolute Gasteiger partial charge is 0.269 e. The fourth-order valence-corrected chi connectivity index (χ4v) is 4.36. The molecule has 270 valence electrons. The quantitative estimate of drug-likeness (QED) is 0.0766. The summed E-state index contributed by atoms with van der Waals surface area (Å²) in [4.78, 5) is 39.3. The van der Waals surface area contributed by atoms with Crippen molar-refractivity contribution in [1.82, 2.24) is 0 Å². The van der Waals surface area contributed by atoms with Gasteiger partial charge in [0.15, 0.2) is 0 Å². The molecule has 0 fully saturated rings. The van der Waals surface area contributed by atoms with Crippen molar-refractivity contribution >= 4 is 39.8 Å². The summed E-state index contributed by atoms with van der Waals surface area (Å²) in [5.74, 6) is 0. The number of para-hydroxylation sites is 1. The van der Waals surface area contributed by atoms with Crippen LogP contribution in [0.5, 0.6) is 0 Å². The number of anilines is 3. The first-order chi connectivity index (χ1) is 25.3. The Morgan fingerprint density at radius 1 is 0.321 bits per heavy atom. The molecule has 0 aliphatic rings. The minimum atomic E-state index is -0.459. The first-order valence-corrected chi connectivity index (χ1v) is 15.7. The highest BCUT2D eigenvalue weighted by Gasteiger charge is 2.07. The molecule has 0 saturated carbocycles. The number of hydrogen-bond acceptors (Lipinski definition) is 11. The Bertz CT molecular complexity index is 1980. The highest BCUT2D eigenvalue weighted by Crippen LogP contribution is 2.18. The summed E-state index contributed by atoms with van der Waals surface area (Å²) >= 11 is 0. The molecule has 15 heteroatoms. The number of nitrogen functional groups attached to an aromatic ring is 3. The van der Waals surface area contributed by atoms with Crippen molar-refractivity contribution in [2.75, 3.05) is 17.2 Å². The van der Waals surface area contributed by atoms with E-state index in [2.05, 4.69) is 0 Å². The Morgan fingerprint density at radius 2 is 0.528 bits per heavy atom. The predicted molar refractivity (Wildman–Crippen MR) is 204 cm³/mol. The Hall–Kier alpha value is -7.68. The molecule has 0 spiro atoms. The van der Waals surface area contributed by atoms with E-state index in [4.69, 9.17) is 17.2 Å². The summed E-state index contributed by atoms with van der Waals surface area (Å²) in [5, 5.41) is 41.1. The summed E-state index contributed by atoms with van der Waals surface area (Å²) in [6.45, 7) is 0. The van der Waals surface area contributed by atoms with Crippen LogP contribution in [-0.4, -0.2) is 19.7 Å². The summed E-state index contributed by atoms with van der Waals surface area (Å²) < 4.78 is 0. The molecule has 0 aliphatic heterocycles. The normalized spacial score (nSPS) is 9.74. The van der Waals surface area contributed by atoms with E-state index in [0.717, 1.165) is 28.9 Å². The Morgan fingerprint density at radius 3 is 0.774 bits per heavy atom. The molecule has 0 atom stereocenters. The van der Waals surface area contributed by atoms with Gasteiger partial charge in [-0.1, -0.05) is 66.7 Å². The van der Waals surface area contributed by atoms with Crippen LogP contribution in [0.25, 0.3) is 0 Å². The number of nitrogens with zero attached hydrogens (tertiary/aromatic N) is 4. The third-order valence-electron chi connectivity index (χ3n) is 7.14. The van der Waals surface area contributed by atoms with Gasteiger partial charge in [0, 0.05) is 65.6 Å². The molecular weight excluding hydrogens is 682 g/mol. The Kier molecular flexibility index (Phi) is 15.1. The lowest BCUT2D eigenvalue weighted by molar-refractivity contribution is -0.385. The maximum Gasteiger partial charge on any atom is 0.269 e. The molecule has 53 heavy (non-hydrogen) atoms. The van der Waals surface area contributed by atoms with Crippen LogP contribution in [0.4, 0.5) is 39.8 Å². The largest absolute Gasteiger partial charge is 0.399 e. The zero-order chi connectivity index (χ0) is 38.8. The molecule has 0 aliphatic carbocycles. The summed E-state index contributed by atoms with van der Waals surface area (Å²) in [7, 11) is 0. The summed E-state index contributed by atoms with van der Waals surface area (Å²) in [6, 6.07) is 42.1. The van der Waals surface area contributed by atoms with Crippen molar-refractivity contribution in [3.05, 3.63) is 214 Å². The molecule has 0 radical (unpaired) electrons. The number of nitro benzene ring substituents is 4. The van der Waals surface area contributed by atoms with Gasteiger partial charge in [-0.05, 0) is 71.5 Å². The molecule has 6 rings (SSSR count). The lowest BCUT2D eigenvalue weighted by Crippen LogP contribution is -1.92. The van der Waals surface area contributed by atoms with Crippen LogP contribution in [0.3, 0.4) is 0 Å². The molecule has 6 N–H and O–H groups in total. The highest BCUT2D eigenvalue weighted by atomic mass is 16.6. The van der Waals surface area contributed by atoms with E-state index in [9.17, 15) is 40.5 Å². The van der Waals surface area contributed by atoms with Crippen molar-refractivity contribution < 1.29 is 19.7 Å². The van der Waals surface area contributed by atoms with Crippen LogP contribution in [0.2, 0.25) is 0 Å². The van der Waals surface area contributed by atoms with Gasteiger partial charge in [0.2, 0.25) is 0 Å². The maximum atomic E-state index is 10.5. The van der Waals surface area contributed by atoms with Gasteiger partial charge in [-0.15, -0.1) is 0 Å². The van der Waals surface area contributed by atoms with E-state index in [1.54, 1.807) is 42.5 Å². The highest BCUT2D eigenvalue weighted by molar-refractivity contribution is 5.45. The minimum Gasteiger partial charge on any atom is -0.399 e. The van der Waals surface area contributed by atoms with E-state index in [1.165, 1.54) is 71.8 Å². The fourth-order valence-electron chi connectivity index (χ4n) is 4.36. The van der Waals surface area contributed by atoms with Crippen molar-refractivity contribution in [3.63, 3.8) is 0 Å². The van der Waals surface area contributed by atoms with Gasteiger partial charge in [-0.3, -0.25) is 40.5 Å². The zero-order valence-electron chi connectivity index (χ0n) is 28.1. The van der Waals surface area contributed by atoms with Gasteiger partial charge in [0.25, 0.3) is 22.7 Å². The van der Waals surface area contributed by atoms with Gasteiger partial charge >= 0.3 is 0 Å². The van der Waals surface area contributed by atoms with Crippen molar-refractivity contribution in [2.45, 2.75) is 12.8 Å². The molecule has 0 aromatic heterocycles. The molecular formula is C38H35N7O8. The SMILES string of the molecule is Nc1ccc(Cc2ccc(N)cc2)cc1.Nc1ccc([N+](=O)[O-])cc1.O=[N+]([O-])c1ccc(Cc2ccc([N+](=O)[O-])cc2)cc1.O=[N+]([O-])c1ccccc1. The zero-order valence-corrected chi connectivity index (χ0v) is 28.1. The van der Waals surface area contributed by atoms with E-state index in [1.807, 2.05) is 48.5 Å². The molecule has 6 aromatic carbocycles. The minimum absolute atomic E-state index is 0.0486. The van der Waals surface area contributed by atoms with Gasteiger partial charge in [0.05, 0.1) is 19.7 Å².